The molecule has 0 aromatic carbocycles. The lowest BCUT2D eigenvalue weighted by molar-refractivity contribution is -0.131. The molecule has 1 unspecified atom stereocenters. The van der Waals surface area contributed by atoms with Crippen molar-refractivity contribution < 1.29 is 9.90 Å². The average molecular weight is 214 g/mol. The summed E-state index contributed by atoms with van der Waals surface area (Å²) >= 11 is 0. The molecule has 1 aliphatic carbocycles. The van der Waals surface area contributed by atoms with Crippen LogP contribution in [0.25, 0.3) is 0 Å². The van der Waals surface area contributed by atoms with Crippen molar-refractivity contribution in [2.45, 2.75) is 25.8 Å². The number of likely N-dealkylation sites (N-methyl/N-ethyl adjacent to an activating group) is 2. The van der Waals surface area contributed by atoms with Gasteiger partial charge in [-0.1, -0.05) is 0 Å². The molecule has 0 aliphatic heterocycles. The van der Waals surface area contributed by atoms with E-state index in [2.05, 4.69) is 0 Å². The molecule has 1 amide bonds. The van der Waals surface area contributed by atoms with Gasteiger partial charge in [0.15, 0.2) is 0 Å². The molecule has 1 fully saturated rings. The van der Waals surface area contributed by atoms with Gasteiger partial charge in [0, 0.05) is 19.6 Å². The van der Waals surface area contributed by atoms with Crippen LogP contribution in [0.5, 0.6) is 0 Å². The molecule has 4 heteroatoms. The summed E-state index contributed by atoms with van der Waals surface area (Å²) in [6.45, 7) is 3.29. The van der Waals surface area contributed by atoms with E-state index >= 15 is 0 Å². The Balaban J connectivity index is 2.26. The zero-order valence-electron chi connectivity index (χ0n) is 9.94. The lowest BCUT2D eigenvalue weighted by atomic mass is 10.3. The molecule has 1 saturated carbocycles. The van der Waals surface area contributed by atoms with Crippen LogP contribution in [0.3, 0.4) is 0 Å². The molecule has 1 atom stereocenters. The first-order valence-corrected chi connectivity index (χ1v) is 5.59. The fourth-order valence-electron chi connectivity index (χ4n) is 1.42. The summed E-state index contributed by atoms with van der Waals surface area (Å²) in [4.78, 5) is 15.4. The summed E-state index contributed by atoms with van der Waals surface area (Å²) < 4.78 is 0. The van der Waals surface area contributed by atoms with Gasteiger partial charge in [-0.15, -0.1) is 0 Å². The second-order valence-electron chi connectivity index (χ2n) is 4.66. The van der Waals surface area contributed by atoms with E-state index in [9.17, 15) is 4.79 Å². The third kappa shape index (κ3) is 4.18. The standard InChI is InChI=1S/C11H22N2O2/c1-9(8-14)12(2)7-11(15)13(3)6-10-4-5-10/h9-10,14H,4-8H2,1-3H3. The van der Waals surface area contributed by atoms with Crippen LogP contribution in [0, 0.1) is 5.92 Å². The second kappa shape index (κ2) is 5.47. The quantitative estimate of drug-likeness (QED) is 0.685. The minimum atomic E-state index is 0.0447. The molecule has 0 radical (unpaired) electrons. The Morgan fingerprint density at radius 1 is 1.47 bits per heavy atom. The van der Waals surface area contributed by atoms with Gasteiger partial charge in [-0.3, -0.25) is 9.69 Å². The van der Waals surface area contributed by atoms with Crippen molar-refractivity contribution in [1.82, 2.24) is 9.80 Å². The number of nitrogens with zero attached hydrogens (tertiary/aromatic N) is 2. The third-order valence-electron chi connectivity index (χ3n) is 3.06. The van der Waals surface area contributed by atoms with Gasteiger partial charge in [-0.2, -0.15) is 0 Å². The van der Waals surface area contributed by atoms with E-state index in [4.69, 9.17) is 5.11 Å². The van der Waals surface area contributed by atoms with Crippen molar-refractivity contribution in [3.8, 4) is 0 Å². The number of hydrogen-bond donors (Lipinski definition) is 1. The minimum Gasteiger partial charge on any atom is -0.395 e. The van der Waals surface area contributed by atoms with Crippen LogP contribution in [0.4, 0.5) is 0 Å². The van der Waals surface area contributed by atoms with E-state index in [1.165, 1.54) is 12.8 Å². The first-order chi connectivity index (χ1) is 7.04. The number of hydrogen-bond acceptors (Lipinski definition) is 3. The molecule has 0 heterocycles. The van der Waals surface area contributed by atoms with E-state index < -0.39 is 0 Å². The van der Waals surface area contributed by atoms with E-state index in [1.54, 1.807) is 4.90 Å². The Kier molecular flexibility index (Phi) is 4.54. The predicted molar refractivity (Wildman–Crippen MR) is 59.5 cm³/mol. The molecule has 0 bridgehead atoms. The number of aliphatic hydroxyl groups is 1. The number of carbonyl (C=O) groups is 1. The lowest BCUT2D eigenvalue weighted by Crippen LogP contribution is -2.42. The van der Waals surface area contributed by atoms with Crippen molar-refractivity contribution in [1.29, 1.82) is 0 Å². The van der Waals surface area contributed by atoms with Crippen molar-refractivity contribution in [3.05, 3.63) is 0 Å². The van der Waals surface area contributed by atoms with Gasteiger partial charge in [-0.25, -0.2) is 0 Å². The first-order valence-electron chi connectivity index (χ1n) is 5.59. The summed E-state index contributed by atoms with van der Waals surface area (Å²) in [7, 11) is 3.72. The Morgan fingerprint density at radius 3 is 2.53 bits per heavy atom. The zero-order chi connectivity index (χ0) is 11.4. The minimum absolute atomic E-state index is 0.0447. The van der Waals surface area contributed by atoms with Crippen LogP contribution in [0.2, 0.25) is 0 Å². The first kappa shape index (κ1) is 12.5. The van der Waals surface area contributed by atoms with Gasteiger partial charge in [0.05, 0.1) is 13.2 Å². The third-order valence-corrected chi connectivity index (χ3v) is 3.06. The summed E-state index contributed by atoms with van der Waals surface area (Å²) in [5.41, 5.74) is 0. The molecule has 0 aromatic rings. The fraction of sp³-hybridized carbons (Fsp3) is 0.909. The summed E-state index contributed by atoms with van der Waals surface area (Å²) in [6, 6.07) is 0.0447. The average Bonchev–Trinajstić information content (AvgIpc) is 3.00. The predicted octanol–water partition coefficient (Wildman–Crippen LogP) is 0.167. The summed E-state index contributed by atoms with van der Waals surface area (Å²) in [6.07, 6.45) is 2.53. The van der Waals surface area contributed by atoms with Gasteiger partial charge in [0.2, 0.25) is 5.91 Å². The molecule has 0 spiro atoms. The molecule has 1 N–H and O–H groups in total. The van der Waals surface area contributed by atoms with Crippen LogP contribution in [-0.4, -0.2) is 60.6 Å². The van der Waals surface area contributed by atoms with Crippen molar-refractivity contribution in [2.24, 2.45) is 5.92 Å². The lowest BCUT2D eigenvalue weighted by Gasteiger charge is -2.25. The fourth-order valence-corrected chi connectivity index (χ4v) is 1.42. The Labute approximate surface area is 91.9 Å². The molecule has 1 aliphatic rings. The van der Waals surface area contributed by atoms with Crippen LogP contribution in [-0.2, 0) is 4.79 Å². The molecule has 0 saturated heterocycles. The highest BCUT2D eigenvalue weighted by Crippen LogP contribution is 2.29. The number of aliphatic hydroxyl groups excluding tert-OH is 1. The SMILES string of the molecule is CC(CO)N(C)CC(=O)N(C)CC1CC1. The monoisotopic (exact) mass is 214 g/mol. The number of amides is 1. The van der Waals surface area contributed by atoms with Crippen LogP contribution in [0.1, 0.15) is 19.8 Å². The van der Waals surface area contributed by atoms with Gasteiger partial charge < -0.3 is 10.0 Å². The molecular weight excluding hydrogens is 192 g/mol. The van der Waals surface area contributed by atoms with E-state index in [-0.39, 0.29) is 18.6 Å². The Bertz CT molecular complexity index is 217. The largest absolute Gasteiger partial charge is 0.395 e. The summed E-state index contributed by atoms with van der Waals surface area (Å²) in [5.74, 6) is 0.879. The van der Waals surface area contributed by atoms with Crippen LogP contribution >= 0.6 is 0 Å². The number of carbonyl (C=O) groups excluding carboxylic acids is 1. The van der Waals surface area contributed by atoms with Crippen molar-refractivity contribution in [2.75, 3.05) is 33.8 Å². The normalized spacial score (nSPS) is 17.9. The molecule has 4 nitrogen and oxygen atoms in total. The van der Waals surface area contributed by atoms with Gasteiger partial charge >= 0.3 is 0 Å². The van der Waals surface area contributed by atoms with E-state index in [0.717, 1.165) is 12.5 Å². The molecule has 88 valence electrons. The molecule has 15 heavy (non-hydrogen) atoms. The smallest absolute Gasteiger partial charge is 0.236 e. The molecule has 1 rings (SSSR count). The maximum atomic E-state index is 11.7. The highest BCUT2D eigenvalue weighted by molar-refractivity contribution is 5.78. The Hall–Kier alpha value is -0.610. The molecular formula is C11H22N2O2. The maximum Gasteiger partial charge on any atom is 0.236 e. The van der Waals surface area contributed by atoms with Gasteiger partial charge in [0.25, 0.3) is 0 Å². The highest BCUT2D eigenvalue weighted by Gasteiger charge is 2.25. The van der Waals surface area contributed by atoms with Crippen molar-refractivity contribution >= 4 is 5.91 Å². The van der Waals surface area contributed by atoms with E-state index in [0.29, 0.717) is 6.54 Å². The topological polar surface area (TPSA) is 43.8 Å². The Morgan fingerprint density at radius 2 is 2.07 bits per heavy atom. The van der Waals surface area contributed by atoms with Gasteiger partial charge in [-0.05, 0) is 32.7 Å². The molecule has 0 aromatic heterocycles. The van der Waals surface area contributed by atoms with Gasteiger partial charge in [0.1, 0.15) is 0 Å². The van der Waals surface area contributed by atoms with Crippen molar-refractivity contribution in [3.63, 3.8) is 0 Å². The van der Waals surface area contributed by atoms with E-state index in [1.807, 2.05) is 25.9 Å². The highest BCUT2D eigenvalue weighted by atomic mass is 16.3. The summed E-state index contributed by atoms with van der Waals surface area (Å²) in [5, 5.41) is 8.95. The number of rotatable bonds is 6. The second-order valence-corrected chi connectivity index (χ2v) is 4.66. The van der Waals surface area contributed by atoms with Crippen LogP contribution in [0.15, 0.2) is 0 Å². The van der Waals surface area contributed by atoms with Crippen LogP contribution < -0.4 is 0 Å². The zero-order valence-corrected chi connectivity index (χ0v) is 9.94. The maximum absolute atomic E-state index is 11.7.